The van der Waals surface area contributed by atoms with Crippen LogP contribution < -0.4 is 10.2 Å². The molecule has 2 aliphatic heterocycles. The first-order valence-electron chi connectivity index (χ1n) is 10.4. The largest absolute Gasteiger partial charge is 0.366 e. The molecule has 8 nitrogen and oxygen atoms in total. The van der Waals surface area contributed by atoms with Gasteiger partial charge in [-0.2, -0.15) is 4.39 Å². The summed E-state index contributed by atoms with van der Waals surface area (Å²) in [5.74, 6) is 0.766. The second-order valence-corrected chi connectivity index (χ2v) is 7.89. The molecule has 1 N–H and O–H groups in total. The Hall–Kier alpha value is -3.07. The molecule has 2 saturated heterocycles. The number of hydrogen-bond acceptors (Lipinski definition) is 6. The van der Waals surface area contributed by atoms with E-state index in [0.29, 0.717) is 5.92 Å². The summed E-state index contributed by atoms with van der Waals surface area (Å²) in [6.07, 6.45) is 2.49. The predicted octanol–water partition coefficient (Wildman–Crippen LogP) is 4.79. The zero-order valence-corrected chi connectivity index (χ0v) is 17.9. The van der Waals surface area contributed by atoms with Gasteiger partial charge in [-0.05, 0) is 49.9 Å². The van der Waals surface area contributed by atoms with E-state index in [4.69, 9.17) is 0 Å². The Balaban J connectivity index is 0.000000183. The molecule has 2 aliphatic rings. The van der Waals surface area contributed by atoms with Crippen molar-refractivity contribution in [1.29, 1.82) is 0 Å². The minimum atomic E-state index is -0.799. The van der Waals surface area contributed by atoms with E-state index in [1.807, 2.05) is 12.1 Å². The first-order chi connectivity index (χ1) is 14.8. The van der Waals surface area contributed by atoms with Crippen molar-refractivity contribution >= 4 is 17.1 Å². The maximum absolute atomic E-state index is 12.4. The lowest BCUT2D eigenvalue weighted by Gasteiger charge is -2.17. The summed E-state index contributed by atoms with van der Waals surface area (Å²) in [6, 6.07) is 12.0. The number of rotatable bonds is 3. The van der Waals surface area contributed by atoms with Crippen LogP contribution in [0.5, 0.6) is 0 Å². The SMILES string of the molecule is CC1CCN(c2ccccc2[N+](=O)[O-])C1.C[C@H]1CCNC1.O=[N+]([O-])c1ccccc1F. The fourth-order valence-electron chi connectivity index (χ4n) is 3.44. The van der Waals surface area contributed by atoms with Gasteiger partial charge in [-0.25, -0.2) is 0 Å². The van der Waals surface area contributed by atoms with E-state index in [1.54, 1.807) is 12.1 Å². The van der Waals surface area contributed by atoms with Crippen LogP contribution in [0.1, 0.15) is 26.7 Å². The van der Waals surface area contributed by atoms with Crippen molar-refractivity contribution in [3.8, 4) is 0 Å². The fourth-order valence-corrected chi connectivity index (χ4v) is 3.44. The third-order valence-electron chi connectivity index (χ3n) is 5.20. The lowest BCUT2D eigenvalue weighted by Crippen LogP contribution is -2.20. The van der Waals surface area contributed by atoms with E-state index in [0.717, 1.165) is 43.2 Å². The number of hydrogen-bond donors (Lipinski definition) is 1. The fraction of sp³-hybridized carbons (Fsp3) is 0.455. The molecule has 31 heavy (non-hydrogen) atoms. The average Bonchev–Trinajstić information content (AvgIpc) is 3.40. The Morgan fingerprint density at radius 3 is 1.97 bits per heavy atom. The molecule has 0 bridgehead atoms. The highest BCUT2D eigenvalue weighted by Crippen LogP contribution is 2.31. The predicted molar refractivity (Wildman–Crippen MR) is 119 cm³/mol. The second-order valence-electron chi connectivity index (χ2n) is 7.89. The van der Waals surface area contributed by atoms with Crippen LogP contribution in [0.3, 0.4) is 0 Å². The van der Waals surface area contributed by atoms with Gasteiger partial charge in [0.25, 0.3) is 5.69 Å². The number of para-hydroxylation sites is 3. The topological polar surface area (TPSA) is 102 Å². The van der Waals surface area contributed by atoms with Crippen molar-refractivity contribution in [3.05, 3.63) is 74.6 Å². The smallest absolute Gasteiger partial charge is 0.304 e. The number of nitrogens with one attached hydrogen (secondary N) is 1. The Morgan fingerprint density at radius 1 is 0.935 bits per heavy atom. The highest BCUT2D eigenvalue weighted by atomic mass is 19.1. The summed E-state index contributed by atoms with van der Waals surface area (Å²) in [7, 11) is 0. The third-order valence-corrected chi connectivity index (χ3v) is 5.20. The number of nitro benzene ring substituents is 2. The van der Waals surface area contributed by atoms with Gasteiger partial charge in [-0.1, -0.05) is 38.1 Å². The van der Waals surface area contributed by atoms with Crippen molar-refractivity contribution in [2.75, 3.05) is 31.1 Å². The minimum Gasteiger partial charge on any atom is -0.366 e. The van der Waals surface area contributed by atoms with Crippen LogP contribution in [0, 0.1) is 37.9 Å². The van der Waals surface area contributed by atoms with Gasteiger partial charge in [0, 0.05) is 25.2 Å². The minimum absolute atomic E-state index is 0.214. The van der Waals surface area contributed by atoms with Crippen molar-refractivity contribution in [1.82, 2.24) is 5.32 Å². The van der Waals surface area contributed by atoms with Gasteiger partial charge in [0.15, 0.2) is 0 Å². The van der Waals surface area contributed by atoms with E-state index in [9.17, 15) is 24.6 Å². The molecule has 2 aromatic carbocycles. The lowest BCUT2D eigenvalue weighted by molar-refractivity contribution is -0.387. The van der Waals surface area contributed by atoms with Crippen molar-refractivity contribution in [2.24, 2.45) is 11.8 Å². The van der Waals surface area contributed by atoms with Gasteiger partial charge in [-0.3, -0.25) is 20.2 Å². The normalized spacial score (nSPS) is 19.6. The molecule has 0 radical (unpaired) electrons. The molecule has 4 rings (SSSR count). The molecule has 2 aromatic rings. The van der Waals surface area contributed by atoms with E-state index in [2.05, 4.69) is 24.1 Å². The molecule has 2 atom stereocenters. The van der Waals surface area contributed by atoms with E-state index in [-0.39, 0.29) is 10.6 Å². The zero-order chi connectivity index (χ0) is 22.8. The second kappa shape index (κ2) is 11.9. The number of benzene rings is 2. The molecular weight excluding hydrogens is 403 g/mol. The molecule has 0 amide bonds. The molecule has 9 heteroatoms. The molecule has 0 saturated carbocycles. The highest BCUT2D eigenvalue weighted by molar-refractivity contribution is 5.63. The van der Waals surface area contributed by atoms with Crippen LogP contribution in [0.25, 0.3) is 0 Å². The molecule has 0 spiro atoms. The summed E-state index contributed by atoms with van der Waals surface area (Å²) in [5, 5.41) is 24.1. The molecular formula is C22H29FN4O4. The average molecular weight is 432 g/mol. The van der Waals surface area contributed by atoms with Crippen LogP contribution in [-0.4, -0.2) is 36.0 Å². The highest BCUT2D eigenvalue weighted by Gasteiger charge is 2.24. The molecule has 2 fully saturated rings. The molecule has 0 aliphatic carbocycles. The number of nitro groups is 2. The van der Waals surface area contributed by atoms with Crippen molar-refractivity contribution in [2.45, 2.75) is 26.7 Å². The van der Waals surface area contributed by atoms with Crippen LogP contribution in [-0.2, 0) is 0 Å². The Labute approximate surface area is 181 Å². The van der Waals surface area contributed by atoms with Gasteiger partial charge >= 0.3 is 5.69 Å². The summed E-state index contributed by atoms with van der Waals surface area (Å²) in [6.45, 7) is 8.77. The van der Waals surface area contributed by atoms with Gasteiger partial charge < -0.3 is 10.2 Å². The Morgan fingerprint density at radius 2 is 1.55 bits per heavy atom. The van der Waals surface area contributed by atoms with Gasteiger partial charge in [0.1, 0.15) is 5.69 Å². The number of nitrogens with zero attached hydrogens (tertiary/aromatic N) is 3. The monoisotopic (exact) mass is 432 g/mol. The van der Waals surface area contributed by atoms with Crippen LogP contribution in [0.15, 0.2) is 48.5 Å². The first-order valence-corrected chi connectivity index (χ1v) is 10.4. The molecule has 0 aromatic heterocycles. The number of halogens is 1. The maximum atomic E-state index is 12.4. The van der Waals surface area contributed by atoms with Gasteiger partial charge in [0.05, 0.1) is 9.85 Å². The molecule has 168 valence electrons. The van der Waals surface area contributed by atoms with E-state index < -0.39 is 16.4 Å². The molecule has 2 heterocycles. The standard InChI is InChI=1S/C11H14N2O2.C6H4FNO2.C5H11N/c1-9-6-7-12(8-9)10-4-2-3-5-11(10)13(14)15;7-5-3-1-2-4-6(5)8(9)10;1-5-2-3-6-4-5/h2-5,9H,6-8H2,1H3;1-4H;5-6H,2-4H2,1H3/t;;5-/m..0/s1. The van der Waals surface area contributed by atoms with E-state index in [1.165, 1.54) is 31.6 Å². The van der Waals surface area contributed by atoms with Gasteiger partial charge in [0.2, 0.25) is 5.82 Å². The molecule has 1 unspecified atom stereocenters. The summed E-state index contributed by atoms with van der Waals surface area (Å²) < 4.78 is 12.4. The maximum Gasteiger partial charge on any atom is 0.304 e. The van der Waals surface area contributed by atoms with Crippen LogP contribution in [0.4, 0.5) is 21.5 Å². The van der Waals surface area contributed by atoms with Gasteiger partial charge in [-0.15, -0.1) is 0 Å². The van der Waals surface area contributed by atoms with Crippen LogP contribution in [0.2, 0.25) is 0 Å². The Kier molecular flexibility index (Phi) is 9.33. The summed E-state index contributed by atoms with van der Waals surface area (Å²) >= 11 is 0. The van der Waals surface area contributed by atoms with Crippen molar-refractivity contribution in [3.63, 3.8) is 0 Å². The van der Waals surface area contributed by atoms with Crippen LogP contribution >= 0.6 is 0 Å². The zero-order valence-electron chi connectivity index (χ0n) is 17.9. The van der Waals surface area contributed by atoms with E-state index >= 15 is 0 Å². The lowest BCUT2D eigenvalue weighted by atomic mass is 10.2. The first kappa shape index (κ1) is 24.2. The third kappa shape index (κ3) is 7.60. The summed E-state index contributed by atoms with van der Waals surface area (Å²) in [4.78, 5) is 21.9. The quantitative estimate of drug-likeness (QED) is 0.553. The van der Waals surface area contributed by atoms with Crippen molar-refractivity contribution < 1.29 is 14.2 Å². The summed E-state index contributed by atoms with van der Waals surface area (Å²) in [5.41, 5.74) is 0.487. The number of anilines is 1. The Bertz CT molecular complexity index is 874.